The first-order chi connectivity index (χ1) is 5.84. The Morgan fingerprint density at radius 2 is 2.58 bits per heavy atom. The summed E-state index contributed by atoms with van der Waals surface area (Å²) in [6.07, 6.45) is 0. The van der Waals surface area contributed by atoms with Gasteiger partial charge in [-0.3, -0.25) is 0 Å². The first kappa shape index (κ1) is 10.4. The zero-order valence-corrected chi connectivity index (χ0v) is 9.73. The normalized spacial score (nSPS) is 23.9. The van der Waals surface area contributed by atoms with E-state index in [1.807, 2.05) is 0 Å². The Morgan fingerprint density at radius 3 is 3.17 bits per heavy atom. The Hall–Kier alpha value is 0.349. The summed E-state index contributed by atoms with van der Waals surface area (Å²) in [6, 6.07) is -0.0723. The van der Waals surface area contributed by atoms with Crippen LogP contribution >= 0.6 is 0 Å². The summed E-state index contributed by atoms with van der Waals surface area (Å²) in [5.41, 5.74) is 0. The number of nitrogens with one attached hydrogen (secondary N) is 1. The van der Waals surface area contributed by atoms with Gasteiger partial charge < -0.3 is 0 Å². The van der Waals surface area contributed by atoms with E-state index in [0.29, 0.717) is 17.0 Å². The molecule has 5 heteroatoms. The fraction of sp³-hybridized carbons (Fsp3) is 0.857. The number of hydrogen-bond acceptors (Lipinski definition) is 4. The van der Waals surface area contributed by atoms with Crippen LogP contribution in [0, 0.1) is 0 Å². The summed E-state index contributed by atoms with van der Waals surface area (Å²) in [7, 11) is 0. The Morgan fingerprint density at radius 1 is 1.75 bits per heavy atom. The molecule has 1 atom stereocenters. The molecule has 0 aromatic carbocycles. The van der Waals surface area contributed by atoms with Crippen molar-refractivity contribution in [2.24, 2.45) is 0 Å². The molecule has 2 N–H and O–H groups in total. The molecule has 1 heterocycles. The van der Waals surface area contributed by atoms with Crippen LogP contribution in [0.25, 0.3) is 0 Å². The van der Waals surface area contributed by atoms with E-state index in [0.717, 1.165) is 11.0 Å². The van der Waals surface area contributed by atoms with E-state index >= 15 is 0 Å². The molecule has 1 rings (SSSR count). The van der Waals surface area contributed by atoms with Crippen LogP contribution in [-0.4, -0.2) is 62.5 Å². The Labute approximate surface area is 81.9 Å². The van der Waals surface area contributed by atoms with E-state index in [9.17, 15) is 4.79 Å². The minimum atomic E-state index is -1.01. The third-order valence-corrected chi connectivity index (χ3v) is 4.99. The molecule has 4 nitrogen and oxygen atoms in total. The number of carbonyl (C=O) groups excluding carboxylic acids is 1. The summed E-state index contributed by atoms with van der Waals surface area (Å²) in [6.45, 7) is 2.15. The van der Waals surface area contributed by atoms with Gasteiger partial charge in [-0.15, -0.1) is 0 Å². The molecule has 0 spiro atoms. The van der Waals surface area contributed by atoms with E-state index < -0.39 is 21.1 Å². The summed E-state index contributed by atoms with van der Waals surface area (Å²) in [4.78, 5) is 11.4. The number of hydrogen-bond donors (Lipinski definition) is 2. The summed E-state index contributed by atoms with van der Waals surface area (Å²) < 4.78 is 6.20. The molecule has 12 heavy (non-hydrogen) atoms. The molecule has 1 saturated heterocycles. The molecule has 0 amide bonds. The topological polar surface area (TPSA) is 58.6 Å². The van der Waals surface area contributed by atoms with Crippen molar-refractivity contribution >= 4 is 24.9 Å². The molecular weight excluding hydrogens is 265 g/mol. The first-order valence-corrected chi connectivity index (χ1v) is 7.49. The summed E-state index contributed by atoms with van der Waals surface area (Å²) >= 11 is -1.01. The second-order valence-corrected chi connectivity index (χ2v) is 6.44. The van der Waals surface area contributed by atoms with Gasteiger partial charge in [-0.25, -0.2) is 0 Å². The molecule has 0 aliphatic carbocycles. The molecule has 1 unspecified atom stereocenters. The maximum atomic E-state index is 11.4. The van der Waals surface area contributed by atoms with Crippen molar-refractivity contribution in [1.82, 2.24) is 5.32 Å². The maximum absolute atomic E-state index is 11.4. The van der Waals surface area contributed by atoms with E-state index in [-0.39, 0.29) is 12.6 Å². The molecule has 1 fully saturated rings. The average Bonchev–Trinajstić information content (AvgIpc) is 2.15. The number of morpholine rings is 1. The van der Waals surface area contributed by atoms with Gasteiger partial charge in [0.05, 0.1) is 0 Å². The van der Waals surface area contributed by atoms with Crippen LogP contribution < -0.4 is 5.32 Å². The Bertz CT molecular complexity index is 148. The van der Waals surface area contributed by atoms with Crippen LogP contribution in [0.3, 0.4) is 0 Å². The van der Waals surface area contributed by atoms with E-state index in [2.05, 4.69) is 5.32 Å². The first-order valence-electron chi connectivity index (χ1n) is 4.04. The third kappa shape index (κ3) is 3.38. The van der Waals surface area contributed by atoms with Gasteiger partial charge >= 0.3 is 81.7 Å². The molecule has 1 aliphatic heterocycles. The number of rotatable bonds is 4. The van der Waals surface area contributed by atoms with Crippen LogP contribution in [0.1, 0.15) is 0 Å². The second kappa shape index (κ2) is 5.90. The van der Waals surface area contributed by atoms with Crippen molar-refractivity contribution in [1.29, 1.82) is 0 Å². The SMILES string of the molecule is O=[C]([Sn][CH2]CO)C1COCCN1. The summed E-state index contributed by atoms with van der Waals surface area (Å²) in [5, 5.41) is 11.7. The van der Waals surface area contributed by atoms with Gasteiger partial charge in [0.2, 0.25) is 0 Å². The van der Waals surface area contributed by atoms with Crippen molar-refractivity contribution in [3.63, 3.8) is 0 Å². The molecule has 0 aromatic rings. The van der Waals surface area contributed by atoms with Crippen LogP contribution in [-0.2, 0) is 9.53 Å². The monoisotopic (exact) mass is 279 g/mol. The van der Waals surface area contributed by atoms with Crippen LogP contribution in [0.4, 0.5) is 0 Å². The van der Waals surface area contributed by atoms with Gasteiger partial charge in [-0.05, 0) is 0 Å². The molecular formula is C7H13NO3Sn. The van der Waals surface area contributed by atoms with Crippen molar-refractivity contribution in [3.05, 3.63) is 0 Å². The van der Waals surface area contributed by atoms with Crippen molar-refractivity contribution < 1.29 is 14.6 Å². The van der Waals surface area contributed by atoms with Crippen LogP contribution in [0.2, 0.25) is 4.44 Å². The molecule has 0 saturated carbocycles. The zero-order chi connectivity index (χ0) is 8.81. The quantitative estimate of drug-likeness (QED) is 0.622. The van der Waals surface area contributed by atoms with Gasteiger partial charge in [0, 0.05) is 0 Å². The van der Waals surface area contributed by atoms with Crippen LogP contribution in [0.15, 0.2) is 0 Å². The molecule has 0 bridgehead atoms. The number of aliphatic hydroxyl groups is 1. The zero-order valence-electron chi connectivity index (χ0n) is 6.88. The van der Waals surface area contributed by atoms with E-state index in [4.69, 9.17) is 9.84 Å². The number of ether oxygens (including phenoxy) is 1. The van der Waals surface area contributed by atoms with Gasteiger partial charge in [0.25, 0.3) is 0 Å². The fourth-order valence-corrected chi connectivity index (χ4v) is 3.29. The average molecular weight is 278 g/mol. The molecule has 68 valence electrons. The second-order valence-electron chi connectivity index (χ2n) is 2.60. The van der Waals surface area contributed by atoms with Gasteiger partial charge in [-0.1, -0.05) is 0 Å². The predicted molar refractivity (Wildman–Crippen MR) is 45.3 cm³/mol. The number of aliphatic hydroxyl groups excluding tert-OH is 1. The summed E-state index contributed by atoms with van der Waals surface area (Å²) in [5.74, 6) is 0. The van der Waals surface area contributed by atoms with Crippen LogP contribution in [0.5, 0.6) is 0 Å². The Kier molecular flexibility index (Phi) is 5.13. The van der Waals surface area contributed by atoms with Crippen molar-refractivity contribution in [2.75, 3.05) is 26.4 Å². The van der Waals surface area contributed by atoms with E-state index in [1.165, 1.54) is 0 Å². The molecule has 2 radical (unpaired) electrons. The molecule has 0 aromatic heterocycles. The van der Waals surface area contributed by atoms with Gasteiger partial charge in [0.1, 0.15) is 0 Å². The molecule has 1 aliphatic rings. The number of carbonyl (C=O) groups is 1. The van der Waals surface area contributed by atoms with Gasteiger partial charge in [0.15, 0.2) is 0 Å². The van der Waals surface area contributed by atoms with Crippen molar-refractivity contribution in [2.45, 2.75) is 10.5 Å². The van der Waals surface area contributed by atoms with Crippen molar-refractivity contribution in [3.8, 4) is 0 Å². The van der Waals surface area contributed by atoms with E-state index in [1.54, 1.807) is 0 Å². The predicted octanol–water partition coefficient (Wildman–Crippen LogP) is -1.38. The fourth-order valence-electron chi connectivity index (χ4n) is 1.04. The minimum absolute atomic E-state index is 0.0723. The Balaban J connectivity index is 2.20. The van der Waals surface area contributed by atoms with Gasteiger partial charge in [-0.2, -0.15) is 0 Å². The standard InChI is InChI=1S/C5H8NO2.C2H5O.Sn/c7-3-5-4-8-2-1-6-5;1-2-3;/h5-6H,1-2,4H2;3H,1-2H2;. The third-order valence-electron chi connectivity index (χ3n) is 1.65.